The van der Waals surface area contributed by atoms with Gasteiger partial charge in [0.15, 0.2) is 11.5 Å². The first-order valence-electron chi connectivity index (χ1n) is 5.50. The van der Waals surface area contributed by atoms with Crippen LogP contribution in [0.4, 0.5) is 5.69 Å². The summed E-state index contributed by atoms with van der Waals surface area (Å²) in [5.41, 5.74) is 7.44. The third-order valence-electron chi connectivity index (χ3n) is 2.50. The highest BCUT2D eigenvalue weighted by molar-refractivity contribution is 9.10. The Balaban J connectivity index is 2.08. The molecule has 0 bridgehead atoms. The summed E-state index contributed by atoms with van der Waals surface area (Å²) in [7, 11) is 1.60. The van der Waals surface area contributed by atoms with Crippen molar-refractivity contribution in [3.63, 3.8) is 0 Å². The average Bonchev–Trinajstić information content (AvgIpc) is 2.39. The van der Waals surface area contributed by atoms with Crippen LogP contribution in [-0.2, 0) is 6.61 Å². The van der Waals surface area contributed by atoms with Crippen LogP contribution in [0.15, 0.2) is 46.9 Å². The number of hydrogen-bond acceptors (Lipinski definition) is 3. The van der Waals surface area contributed by atoms with Gasteiger partial charge in [0.2, 0.25) is 0 Å². The van der Waals surface area contributed by atoms with E-state index in [2.05, 4.69) is 15.9 Å². The summed E-state index contributed by atoms with van der Waals surface area (Å²) in [6.07, 6.45) is 0. The molecule has 0 saturated heterocycles. The molecule has 0 amide bonds. The van der Waals surface area contributed by atoms with Crippen LogP contribution in [0.2, 0.25) is 0 Å². The highest BCUT2D eigenvalue weighted by atomic mass is 79.9. The van der Waals surface area contributed by atoms with Gasteiger partial charge in [-0.2, -0.15) is 0 Å². The zero-order valence-electron chi connectivity index (χ0n) is 10.0. The van der Waals surface area contributed by atoms with Crippen molar-refractivity contribution in [2.24, 2.45) is 0 Å². The van der Waals surface area contributed by atoms with Crippen molar-refractivity contribution in [3.8, 4) is 11.5 Å². The second-order valence-corrected chi connectivity index (χ2v) is 4.74. The summed E-state index contributed by atoms with van der Waals surface area (Å²) < 4.78 is 12.0. The zero-order valence-corrected chi connectivity index (χ0v) is 11.6. The van der Waals surface area contributed by atoms with Gasteiger partial charge in [-0.05, 0) is 29.8 Å². The minimum absolute atomic E-state index is 0.494. The quantitative estimate of drug-likeness (QED) is 0.877. The molecular formula is C14H14BrNO2. The highest BCUT2D eigenvalue weighted by Crippen LogP contribution is 2.29. The lowest BCUT2D eigenvalue weighted by Gasteiger charge is -2.11. The van der Waals surface area contributed by atoms with Gasteiger partial charge in [-0.15, -0.1) is 0 Å². The molecule has 0 unspecified atom stereocenters. The van der Waals surface area contributed by atoms with Gasteiger partial charge in [0.25, 0.3) is 0 Å². The van der Waals surface area contributed by atoms with Crippen LogP contribution in [0.3, 0.4) is 0 Å². The fourth-order valence-corrected chi connectivity index (χ4v) is 1.81. The monoisotopic (exact) mass is 307 g/mol. The number of nitrogen functional groups attached to an aromatic ring is 1. The number of anilines is 1. The molecule has 3 nitrogen and oxygen atoms in total. The molecule has 0 aliphatic heterocycles. The van der Waals surface area contributed by atoms with E-state index in [-0.39, 0.29) is 0 Å². The third kappa shape index (κ3) is 3.17. The first-order chi connectivity index (χ1) is 8.69. The van der Waals surface area contributed by atoms with Crippen molar-refractivity contribution >= 4 is 21.6 Å². The van der Waals surface area contributed by atoms with E-state index in [0.717, 1.165) is 10.0 Å². The van der Waals surface area contributed by atoms with Crippen LogP contribution in [0.25, 0.3) is 0 Å². The molecule has 0 radical (unpaired) electrons. The van der Waals surface area contributed by atoms with Crippen molar-refractivity contribution in [1.29, 1.82) is 0 Å². The Morgan fingerprint density at radius 2 is 1.78 bits per heavy atom. The maximum Gasteiger partial charge on any atom is 0.162 e. The Hall–Kier alpha value is -1.68. The first-order valence-corrected chi connectivity index (χ1v) is 6.29. The molecule has 0 spiro atoms. The van der Waals surface area contributed by atoms with Crippen molar-refractivity contribution < 1.29 is 9.47 Å². The van der Waals surface area contributed by atoms with Crippen LogP contribution in [0.1, 0.15) is 5.56 Å². The van der Waals surface area contributed by atoms with Crippen molar-refractivity contribution in [3.05, 3.63) is 52.5 Å². The standard InChI is InChI=1S/C14H14BrNO2/c1-17-14-8-12(16)6-7-13(14)18-9-10-2-4-11(15)5-3-10/h2-8H,9,16H2,1H3. The minimum Gasteiger partial charge on any atom is -0.493 e. The zero-order chi connectivity index (χ0) is 13.0. The number of nitrogens with two attached hydrogens (primary N) is 1. The van der Waals surface area contributed by atoms with Crippen molar-refractivity contribution in [2.75, 3.05) is 12.8 Å². The van der Waals surface area contributed by atoms with Crippen LogP contribution in [0, 0.1) is 0 Å². The lowest BCUT2D eigenvalue weighted by Crippen LogP contribution is -1.98. The molecule has 0 atom stereocenters. The van der Waals surface area contributed by atoms with Gasteiger partial charge in [-0.1, -0.05) is 28.1 Å². The maximum atomic E-state index is 5.71. The van der Waals surface area contributed by atoms with Crippen LogP contribution in [-0.4, -0.2) is 7.11 Å². The van der Waals surface area contributed by atoms with E-state index in [1.165, 1.54) is 0 Å². The Bertz CT molecular complexity index is 526. The van der Waals surface area contributed by atoms with E-state index in [0.29, 0.717) is 23.8 Å². The molecule has 2 aromatic rings. The molecule has 2 aromatic carbocycles. The fraction of sp³-hybridized carbons (Fsp3) is 0.143. The van der Waals surface area contributed by atoms with Gasteiger partial charge in [-0.3, -0.25) is 0 Å². The summed E-state index contributed by atoms with van der Waals surface area (Å²) in [6.45, 7) is 0.494. The van der Waals surface area contributed by atoms with E-state index in [1.807, 2.05) is 30.3 Å². The SMILES string of the molecule is COc1cc(N)ccc1OCc1ccc(Br)cc1. The smallest absolute Gasteiger partial charge is 0.162 e. The Labute approximate surface area is 115 Å². The molecule has 2 rings (SSSR count). The molecule has 0 heterocycles. The van der Waals surface area contributed by atoms with Gasteiger partial charge in [0.05, 0.1) is 7.11 Å². The van der Waals surface area contributed by atoms with E-state index in [1.54, 1.807) is 19.2 Å². The summed E-state index contributed by atoms with van der Waals surface area (Å²) >= 11 is 3.40. The molecule has 94 valence electrons. The molecule has 18 heavy (non-hydrogen) atoms. The largest absolute Gasteiger partial charge is 0.493 e. The Morgan fingerprint density at radius 3 is 2.44 bits per heavy atom. The number of halogens is 1. The molecular weight excluding hydrogens is 294 g/mol. The summed E-state index contributed by atoms with van der Waals surface area (Å²) in [6, 6.07) is 13.3. The van der Waals surface area contributed by atoms with Crippen molar-refractivity contribution in [1.82, 2.24) is 0 Å². The van der Waals surface area contributed by atoms with E-state index >= 15 is 0 Å². The van der Waals surface area contributed by atoms with Crippen LogP contribution in [0.5, 0.6) is 11.5 Å². The Kier molecular flexibility index (Phi) is 4.10. The second kappa shape index (κ2) is 5.78. The second-order valence-electron chi connectivity index (χ2n) is 3.83. The summed E-state index contributed by atoms with van der Waals surface area (Å²) in [4.78, 5) is 0. The predicted molar refractivity (Wildman–Crippen MR) is 75.9 cm³/mol. The maximum absolute atomic E-state index is 5.71. The Morgan fingerprint density at radius 1 is 1.06 bits per heavy atom. The molecule has 0 aliphatic carbocycles. The molecule has 0 saturated carbocycles. The van der Waals surface area contributed by atoms with E-state index in [4.69, 9.17) is 15.2 Å². The van der Waals surface area contributed by atoms with Gasteiger partial charge in [0, 0.05) is 16.2 Å². The molecule has 0 aromatic heterocycles. The number of ether oxygens (including phenoxy) is 2. The highest BCUT2D eigenvalue weighted by Gasteiger charge is 2.04. The number of rotatable bonds is 4. The topological polar surface area (TPSA) is 44.5 Å². The molecule has 2 N–H and O–H groups in total. The van der Waals surface area contributed by atoms with Gasteiger partial charge >= 0.3 is 0 Å². The van der Waals surface area contributed by atoms with Crippen molar-refractivity contribution in [2.45, 2.75) is 6.61 Å². The van der Waals surface area contributed by atoms with Crippen LogP contribution >= 0.6 is 15.9 Å². The molecule has 0 fully saturated rings. The summed E-state index contributed by atoms with van der Waals surface area (Å²) in [5.74, 6) is 1.33. The van der Waals surface area contributed by atoms with Gasteiger partial charge in [-0.25, -0.2) is 0 Å². The van der Waals surface area contributed by atoms with E-state index in [9.17, 15) is 0 Å². The normalized spacial score (nSPS) is 10.1. The number of methoxy groups -OCH3 is 1. The fourth-order valence-electron chi connectivity index (χ4n) is 1.55. The lowest BCUT2D eigenvalue weighted by atomic mass is 10.2. The minimum atomic E-state index is 0.494. The third-order valence-corrected chi connectivity index (χ3v) is 3.02. The molecule has 4 heteroatoms. The average molecular weight is 308 g/mol. The number of benzene rings is 2. The summed E-state index contributed by atoms with van der Waals surface area (Å²) in [5, 5.41) is 0. The van der Waals surface area contributed by atoms with Gasteiger partial charge in [0.1, 0.15) is 6.61 Å². The van der Waals surface area contributed by atoms with Crippen LogP contribution < -0.4 is 15.2 Å². The van der Waals surface area contributed by atoms with E-state index < -0.39 is 0 Å². The predicted octanol–water partition coefficient (Wildman–Crippen LogP) is 3.62. The van der Waals surface area contributed by atoms with Gasteiger partial charge < -0.3 is 15.2 Å². The number of hydrogen-bond donors (Lipinski definition) is 1. The first kappa shape index (κ1) is 12.8. The molecule has 0 aliphatic rings. The lowest BCUT2D eigenvalue weighted by molar-refractivity contribution is 0.284.